The van der Waals surface area contributed by atoms with Gasteiger partial charge in [0.25, 0.3) is 5.91 Å². The normalized spacial score (nSPS) is 26.1. The molecule has 114 valence electrons. The molecule has 1 aliphatic carbocycles. The van der Waals surface area contributed by atoms with Crippen molar-refractivity contribution in [1.29, 1.82) is 0 Å². The number of aromatic nitrogens is 1. The zero-order valence-corrected chi connectivity index (χ0v) is 14.0. The van der Waals surface area contributed by atoms with E-state index < -0.39 is 0 Å². The first kappa shape index (κ1) is 13.9. The van der Waals surface area contributed by atoms with Gasteiger partial charge in [-0.25, -0.2) is 4.98 Å². The molecule has 3 atom stereocenters. The molecule has 0 radical (unpaired) electrons. The number of hydrogen-bond donors (Lipinski definition) is 0. The summed E-state index contributed by atoms with van der Waals surface area (Å²) in [6, 6.07) is 9.15. The molecule has 1 aromatic heterocycles. The highest BCUT2D eigenvalue weighted by Crippen LogP contribution is 2.48. The van der Waals surface area contributed by atoms with Gasteiger partial charge in [-0.3, -0.25) is 4.79 Å². The van der Waals surface area contributed by atoms with Gasteiger partial charge in [-0.05, 0) is 45.1 Å². The van der Waals surface area contributed by atoms with Crippen LogP contribution in [0.3, 0.4) is 0 Å². The summed E-state index contributed by atoms with van der Waals surface area (Å²) in [5, 5.41) is 0.957. The van der Waals surface area contributed by atoms with E-state index in [9.17, 15) is 4.79 Å². The van der Waals surface area contributed by atoms with Crippen molar-refractivity contribution in [1.82, 2.24) is 9.88 Å². The molecule has 0 N–H and O–H groups in total. The maximum Gasteiger partial charge on any atom is 0.274 e. The third-order valence-corrected chi connectivity index (χ3v) is 5.83. The van der Waals surface area contributed by atoms with Gasteiger partial charge in [0.2, 0.25) is 0 Å². The van der Waals surface area contributed by atoms with Gasteiger partial charge >= 0.3 is 0 Å². The van der Waals surface area contributed by atoms with Crippen molar-refractivity contribution >= 4 is 17.2 Å². The topological polar surface area (TPSA) is 33.2 Å². The standard InChI is InChI=1S/C18H20N2OS/c1-10-5-4-6-13(7-10)17-16(19-12(3)22-17)18(21)20-11(2)8-14-9-15(14)20/h4-7,11,14-15H,8-9H2,1-3H3/t11-,14+,15-/m0/s1. The van der Waals surface area contributed by atoms with Crippen LogP contribution in [0.25, 0.3) is 10.4 Å². The summed E-state index contributed by atoms with van der Waals surface area (Å²) in [6.07, 6.45) is 2.33. The fourth-order valence-corrected chi connectivity index (χ4v) is 4.64. The van der Waals surface area contributed by atoms with Crippen molar-refractivity contribution in [2.75, 3.05) is 0 Å². The number of fused-ring (bicyclic) bond motifs is 1. The van der Waals surface area contributed by atoms with Crippen molar-refractivity contribution in [3.8, 4) is 10.4 Å². The predicted octanol–water partition coefficient (Wildman–Crippen LogP) is 4.05. The van der Waals surface area contributed by atoms with E-state index >= 15 is 0 Å². The smallest absolute Gasteiger partial charge is 0.274 e. The number of thiazole rings is 1. The van der Waals surface area contributed by atoms with Gasteiger partial charge in [-0.2, -0.15) is 0 Å². The highest BCUT2D eigenvalue weighted by atomic mass is 32.1. The maximum atomic E-state index is 13.1. The summed E-state index contributed by atoms with van der Waals surface area (Å²) in [4.78, 5) is 20.7. The fourth-order valence-electron chi connectivity index (χ4n) is 3.73. The molecular formula is C18H20N2OS. The third kappa shape index (κ3) is 2.17. The molecule has 1 saturated carbocycles. The molecule has 2 fully saturated rings. The Hall–Kier alpha value is -1.68. The van der Waals surface area contributed by atoms with E-state index in [0.29, 0.717) is 17.8 Å². The van der Waals surface area contributed by atoms with E-state index in [1.165, 1.54) is 12.0 Å². The van der Waals surface area contributed by atoms with Gasteiger partial charge < -0.3 is 4.90 Å². The highest BCUT2D eigenvalue weighted by molar-refractivity contribution is 7.15. The molecule has 22 heavy (non-hydrogen) atoms. The Morgan fingerprint density at radius 2 is 2.14 bits per heavy atom. The molecular weight excluding hydrogens is 292 g/mol. The van der Waals surface area contributed by atoms with E-state index in [1.54, 1.807) is 11.3 Å². The molecule has 0 spiro atoms. The molecule has 1 aromatic carbocycles. The van der Waals surface area contributed by atoms with Crippen LogP contribution in [-0.4, -0.2) is 27.9 Å². The van der Waals surface area contributed by atoms with Crippen LogP contribution in [0.4, 0.5) is 0 Å². The second kappa shape index (κ2) is 4.92. The van der Waals surface area contributed by atoms with Crippen LogP contribution in [0.15, 0.2) is 24.3 Å². The lowest BCUT2D eigenvalue weighted by molar-refractivity contribution is 0.0709. The number of carbonyl (C=O) groups excluding carboxylic acids is 1. The molecule has 1 aliphatic heterocycles. The Morgan fingerprint density at radius 1 is 1.32 bits per heavy atom. The lowest BCUT2D eigenvalue weighted by atomic mass is 10.1. The first-order valence-electron chi connectivity index (χ1n) is 7.91. The van der Waals surface area contributed by atoms with E-state index in [2.05, 4.69) is 41.9 Å². The Balaban J connectivity index is 1.74. The summed E-state index contributed by atoms with van der Waals surface area (Å²) in [5.74, 6) is 0.861. The first-order chi connectivity index (χ1) is 10.5. The second-order valence-electron chi connectivity index (χ2n) is 6.64. The van der Waals surface area contributed by atoms with Crippen LogP contribution in [0.2, 0.25) is 0 Å². The molecule has 0 unspecified atom stereocenters. The first-order valence-corrected chi connectivity index (χ1v) is 8.73. The Bertz CT molecular complexity index is 749. The number of amides is 1. The molecule has 2 aromatic rings. The minimum atomic E-state index is 0.123. The molecule has 0 bridgehead atoms. The average molecular weight is 312 g/mol. The largest absolute Gasteiger partial charge is 0.331 e. The van der Waals surface area contributed by atoms with Crippen LogP contribution >= 0.6 is 11.3 Å². The van der Waals surface area contributed by atoms with Crippen LogP contribution < -0.4 is 0 Å². The summed E-state index contributed by atoms with van der Waals surface area (Å²) in [5.41, 5.74) is 2.96. The number of benzene rings is 1. The third-order valence-electron chi connectivity index (χ3n) is 4.81. The minimum Gasteiger partial charge on any atom is -0.331 e. The zero-order valence-electron chi connectivity index (χ0n) is 13.2. The van der Waals surface area contributed by atoms with Crippen molar-refractivity contribution in [2.45, 2.75) is 45.7 Å². The van der Waals surface area contributed by atoms with Gasteiger partial charge in [0, 0.05) is 12.1 Å². The quantitative estimate of drug-likeness (QED) is 0.838. The number of piperidine rings is 1. The van der Waals surface area contributed by atoms with Gasteiger partial charge in [-0.15, -0.1) is 11.3 Å². The molecule has 3 nitrogen and oxygen atoms in total. The van der Waals surface area contributed by atoms with E-state index in [-0.39, 0.29) is 5.91 Å². The molecule has 2 heterocycles. The van der Waals surface area contributed by atoms with Crippen molar-refractivity contribution in [2.24, 2.45) is 5.92 Å². The molecule has 1 saturated heterocycles. The lowest BCUT2D eigenvalue weighted by Crippen LogP contribution is -2.37. The van der Waals surface area contributed by atoms with E-state index in [4.69, 9.17) is 0 Å². The van der Waals surface area contributed by atoms with Gasteiger partial charge in [0.15, 0.2) is 0 Å². The number of hydrogen-bond acceptors (Lipinski definition) is 3. The van der Waals surface area contributed by atoms with Gasteiger partial charge in [-0.1, -0.05) is 29.8 Å². The number of likely N-dealkylation sites (tertiary alicyclic amines) is 1. The van der Waals surface area contributed by atoms with Crippen LogP contribution in [0.5, 0.6) is 0 Å². The summed E-state index contributed by atoms with van der Waals surface area (Å²) >= 11 is 1.62. The maximum absolute atomic E-state index is 13.1. The summed E-state index contributed by atoms with van der Waals surface area (Å²) < 4.78 is 0. The second-order valence-corrected chi connectivity index (χ2v) is 7.84. The van der Waals surface area contributed by atoms with Crippen LogP contribution in [-0.2, 0) is 0 Å². The Labute approximate surface area is 135 Å². The Kier molecular flexibility index (Phi) is 3.12. The number of rotatable bonds is 2. The SMILES string of the molecule is Cc1cccc(-c2sc(C)nc2C(=O)N2[C@@H](C)C[C@@H]3C[C@@H]32)c1. The monoisotopic (exact) mass is 312 g/mol. The Morgan fingerprint density at radius 3 is 2.82 bits per heavy atom. The predicted molar refractivity (Wildman–Crippen MR) is 89.2 cm³/mol. The van der Waals surface area contributed by atoms with Crippen LogP contribution in [0.1, 0.15) is 40.8 Å². The van der Waals surface area contributed by atoms with Crippen molar-refractivity contribution in [3.05, 3.63) is 40.5 Å². The van der Waals surface area contributed by atoms with Gasteiger partial charge in [0.05, 0.1) is 9.88 Å². The molecule has 1 amide bonds. The zero-order chi connectivity index (χ0) is 15.4. The fraction of sp³-hybridized carbons (Fsp3) is 0.444. The number of nitrogens with zero attached hydrogens (tertiary/aromatic N) is 2. The van der Waals surface area contributed by atoms with Gasteiger partial charge in [0.1, 0.15) is 5.69 Å². The van der Waals surface area contributed by atoms with Crippen molar-refractivity contribution in [3.63, 3.8) is 0 Å². The lowest BCUT2D eigenvalue weighted by Gasteiger charge is -2.24. The van der Waals surface area contributed by atoms with Crippen LogP contribution in [0, 0.1) is 19.8 Å². The highest BCUT2D eigenvalue weighted by Gasteiger charge is 2.53. The van der Waals surface area contributed by atoms with E-state index in [0.717, 1.165) is 27.8 Å². The minimum absolute atomic E-state index is 0.123. The summed E-state index contributed by atoms with van der Waals surface area (Å²) in [6.45, 7) is 6.22. The number of carbonyl (C=O) groups is 1. The molecule has 2 aliphatic rings. The summed E-state index contributed by atoms with van der Waals surface area (Å²) in [7, 11) is 0. The molecule has 4 rings (SSSR count). The average Bonchev–Trinajstić information content (AvgIpc) is 2.97. The number of aryl methyl sites for hydroxylation is 2. The van der Waals surface area contributed by atoms with E-state index in [1.807, 2.05) is 13.0 Å². The molecule has 4 heteroatoms. The van der Waals surface area contributed by atoms with Crippen molar-refractivity contribution < 1.29 is 4.79 Å².